The number of allylic oxidation sites excluding steroid dienone is 2. The van der Waals surface area contributed by atoms with Crippen molar-refractivity contribution in [3.8, 4) is 5.75 Å². The summed E-state index contributed by atoms with van der Waals surface area (Å²) in [5.41, 5.74) is 1.71. The Morgan fingerprint density at radius 3 is 2.23 bits per heavy atom. The molecule has 1 aromatic rings. The lowest BCUT2D eigenvalue weighted by molar-refractivity contribution is -0.213. The number of carboxylic acids is 1. The van der Waals surface area contributed by atoms with Gasteiger partial charge in [0.1, 0.15) is 11.9 Å². The van der Waals surface area contributed by atoms with Crippen LogP contribution in [0.5, 0.6) is 5.75 Å². The molecule has 10 atom stereocenters. The number of esters is 2. The zero-order chi connectivity index (χ0) is 34.2. The molecule has 47 heavy (non-hydrogen) atoms. The molecular weight excluding hydrogens is 588 g/mol. The van der Waals surface area contributed by atoms with E-state index < -0.39 is 11.4 Å². The van der Waals surface area contributed by atoms with Crippen LogP contribution in [0, 0.1) is 56.7 Å². The van der Waals surface area contributed by atoms with Crippen molar-refractivity contribution in [3.05, 3.63) is 47.6 Å². The summed E-state index contributed by atoms with van der Waals surface area (Å²) in [6.07, 6.45) is 14.3. The van der Waals surface area contributed by atoms with Gasteiger partial charge in [-0.1, -0.05) is 72.2 Å². The van der Waals surface area contributed by atoms with Gasteiger partial charge in [0, 0.05) is 18.4 Å². The molecule has 0 unspecified atom stereocenters. The molecule has 0 aliphatic heterocycles. The van der Waals surface area contributed by atoms with Gasteiger partial charge in [0.15, 0.2) is 0 Å². The van der Waals surface area contributed by atoms with Crippen LogP contribution >= 0.6 is 0 Å². The van der Waals surface area contributed by atoms with E-state index in [2.05, 4.69) is 54.5 Å². The highest BCUT2D eigenvalue weighted by Crippen LogP contribution is 2.75. The molecule has 6 heteroatoms. The maximum atomic E-state index is 13.1. The molecule has 0 saturated heterocycles. The van der Waals surface area contributed by atoms with Crippen molar-refractivity contribution < 1.29 is 29.0 Å². The normalized spacial score (nSPS) is 42.2. The minimum Gasteiger partial charge on any atom is -0.481 e. The largest absolute Gasteiger partial charge is 0.481 e. The Labute approximate surface area is 281 Å². The number of aliphatic carboxylic acids is 1. The molecular formula is C41H56O6. The van der Waals surface area contributed by atoms with Crippen LogP contribution in [0.2, 0.25) is 0 Å². The van der Waals surface area contributed by atoms with Crippen molar-refractivity contribution in [3.63, 3.8) is 0 Å². The van der Waals surface area contributed by atoms with E-state index in [1.807, 2.05) is 12.1 Å². The average molecular weight is 645 g/mol. The third-order valence-electron chi connectivity index (χ3n) is 15.2. The smallest absolute Gasteiger partial charge is 0.331 e. The van der Waals surface area contributed by atoms with Gasteiger partial charge in [-0.2, -0.15) is 0 Å². The first kappa shape index (κ1) is 34.0. The molecule has 0 heterocycles. The topological polar surface area (TPSA) is 89.9 Å². The summed E-state index contributed by atoms with van der Waals surface area (Å²) in [4.78, 5) is 37.3. The van der Waals surface area contributed by atoms with Crippen LogP contribution in [0.3, 0.4) is 0 Å². The van der Waals surface area contributed by atoms with Crippen LogP contribution in [-0.2, 0) is 19.1 Å². The van der Waals surface area contributed by atoms with E-state index in [9.17, 15) is 19.5 Å². The Bertz CT molecular complexity index is 1490. The van der Waals surface area contributed by atoms with Gasteiger partial charge >= 0.3 is 17.9 Å². The first-order valence-corrected chi connectivity index (χ1v) is 18.1. The van der Waals surface area contributed by atoms with Crippen molar-refractivity contribution in [2.45, 2.75) is 119 Å². The predicted octanol–water partition coefficient (Wildman–Crippen LogP) is 9.28. The molecule has 5 aliphatic carbocycles. The average Bonchev–Trinajstić information content (AvgIpc) is 3.00. The SMILES string of the molecule is CC(=O)Oc1ccc(/C=C\C(=O)O[C@H]2CC[C@]3(C)[C@H]4CC=C5[C@@H]6[C@@H](C)[C@H](C)CC[C@]6(C(=O)O)CC[C@@]5(C)[C@]4(C)CC[C@H]3C2(C)C)cc1. The Morgan fingerprint density at radius 2 is 1.57 bits per heavy atom. The molecule has 1 aromatic carbocycles. The highest BCUT2D eigenvalue weighted by Gasteiger charge is 2.69. The molecule has 256 valence electrons. The third-order valence-corrected chi connectivity index (χ3v) is 15.2. The number of rotatable bonds is 5. The van der Waals surface area contributed by atoms with E-state index in [0.717, 1.165) is 63.4 Å². The molecule has 0 amide bonds. The fourth-order valence-corrected chi connectivity index (χ4v) is 12.2. The summed E-state index contributed by atoms with van der Waals surface area (Å²) >= 11 is 0. The minimum absolute atomic E-state index is 0.00647. The second-order valence-electron chi connectivity index (χ2n) is 17.4. The number of hydrogen-bond acceptors (Lipinski definition) is 5. The number of fused-ring (bicyclic) bond motifs is 7. The van der Waals surface area contributed by atoms with E-state index >= 15 is 0 Å². The van der Waals surface area contributed by atoms with Crippen molar-refractivity contribution in [2.75, 3.05) is 0 Å². The molecule has 5 aliphatic rings. The van der Waals surface area contributed by atoms with Crippen LogP contribution in [0.4, 0.5) is 0 Å². The van der Waals surface area contributed by atoms with Crippen LogP contribution in [-0.4, -0.2) is 29.1 Å². The molecule has 4 fully saturated rings. The van der Waals surface area contributed by atoms with Gasteiger partial charge in [0.2, 0.25) is 0 Å². The monoisotopic (exact) mass is 644 g/mol. The summed E-state index contributed by atoms with van der Waals surface area (Å²) in [5, 5.41) is 10.7. The third kappa shape index (κ3) is 5.14. The predicted molar refractivity (Wildman–Crippen MR) is 183 cm³/mol. The summed E-state index contributed by atoms with van der Waals surface area (Å²) in [7, 11) is 0. The Balaban J connectivity index is 1.22. The lowest BCUT2D eigenvalue weighted by atomic mass is 9.33. The van der Waals surface area contributed by atoms with E-state index in [1.54, 1.807) is 18.2 Å². The number of carboxylic acid groups (broad SMARTS) is 1. The van der Waals surface area contributed by atoms with Crippen LogP contribution < -0.4 is 4.74 Å². The lowest BCUT2D eigenvalue weighted by Gasteiger charge is -2.71. The number of carbonyl (C=O) groups is 3. The van der Waals surface area contributed by atoms with Crippen molar-refractivity contribution in [2.24, 2.45) is 56.7 Å². The van der Waals surface area contributed by atoms with Gasteiger partial charge in [-0.3, -0.25) is 9.59 Å². The van der Waals surface area contributed by atoms with Crippen LogP contribution in [0.15, 0.2) is 42.0 Å². The molecule has 0 radical (unpaired) electrons. The molecule has 6 rings (SSSR count). The van der Waals surface area contributed by atoms with E-state index in [-0.39, 0.29) is 45.6 Å². The molecule has 4 saturated carbocycles. The number of carbonyl (C=O) groups excluding carboxylic acids is 2. The standard InChI is InChI=1S/C41H56O6/c1-25-17-22-41(36(44)45)24-23-39(7)30(35(41)26(25)2)14-15-32-38(6)20-19-33(37(4,5)31(38)18-21-40(32,39)8)47-34(43)16-11-28-9-12-29(13-10-28)46-27(3)42/h9-14,16,25-26,31-33,35H,15,17-24H2,1-8H3,(H,44,45)/b16-11-/t25-,26+,31+,32-,33+,35+,38+,39-,40-,41+/m1/s1. The van der Waals surface area contributed by atoms with Gasteiger partial charge in [0.25, 0.3) is 0 Å². The number of hydrogen-bond donors (Lipinski definition) is 1. The molecule has 0 spiro atoms. The highest BCUT2D eigenvalue weighted by atomic mass is 16.5. The van der Waals surface area contributed by atoms with Crippen molar-refractivity contribution >= 4 is 24.0 Å². The quantitative estimate of drug-likeness (QED) is 0.149. The van der Waals surface area contributed by atoms with Gasteiger partial charge in [-0.15, -0.1) is 0 Å². The number of benzene rings is 1. The summed E-state index contributed by atoms with van der Waals surface area (Å²) in [5.74, 6) is 1.16. The van der Waals surface area contributed by atoms with Crippen LogP contribution in [0.1, 0.15) is 119 Å². The molecule has 6 nitrogen and oxygen atoms in total. The maximum Gasteiger partial charge on any atom is 0.331 e. The second-order valence-corrected chi connectivity index (χ2v) is 17.4. The van der Waals surface area contributed by atoms with Gasteiger partial charge < -0.3 is 14.6 Å². The van der Waals surface area contributed by atoms with E-state index in [1.165, 1.54) is 18.6 Å². The van der Waals surface area contributed by atoms with Gasteiger partial charge in [-0.25, -0.2) is 4.79 Å². The minimum atomic E-state index is -0.618. The molecule has 0 bridgehead atoms. The summed E-state index contributed by atoms with van der Waals surface area (Å²) < 4.78 is 11.3. The zero-order valence-electron chi connectivity index (χ0n) is 29.9. The Kier molecular flexibility index (Phi) is 8.40. The molecule has 0 aromatic heterocycles. The molecule has 1 N–H and O–H groups in total. The van der Waals surface area contributed by atoms with Gasteiger partial charge in [0.05, 0.1) is 5.41 Å². The summed E-state index contributed by atoms with van der Waals surface area (Å²) in [6.45, 7) is 18.2. The fourth-order valence-electron chi connectivity index (χ4n) is 12.2. The van der Waals surface area contributed by atoms with E-state index in [0.29, 0.717) is 29.4 Å². The maximum absolute atomic E-state index is 13.1. The first-order chi connectivity index (χ1) is 22.0. The van der Waals surface area contributed by atoms with Crippen molar-refractivity contribution in [1.29, 1.82) is 0 Å². The van der Waals surface area contributed by atoms with Gasteiger partial charge in [-0.05, 0) is 127 Å². The van der Waals surface area contributed by atoms with Crippen molar-refractivity contribution in [1.82, 2.24) is 0 Å². The Hall–Kier alpha value is -2.89. The van der Waals surface area contributed by atoms with Crippen LogP contribution in [0.25, 0.3) is 6.08 Å². The van der Waals surface area contributed by atoms with E-state index in [4.69, 9.17) is 9.47 Å². The first-order valence-electron chi connectivity index (χ1n) is 18.1. The highest BCUT2D eigenvalue weighted by molar-refractivity contribution is 5.87. The zero-order valence-corrected chi connectivity index (χ0v) is 29.9. The Morgan fingerprint density at radius 1 is 0.872 bits per heavy atom. The number of ether oxygens (including phenoxy) is 2. The summed E-state index contributed by atoms with van der Waals surface area (Å²) in [6, 6.07) is 7.05. The fraction of sp³-hybridized carbons (Fsp3) is 0.683. The lowest BCUT2D eigenvalue weighted by Crippen LogP contribution is -2.65. The second kappa shape index (κ2) is 11.6.